The molecule has 0 saturated carbocycles. The highest BCUT2D eigenvalue weighted by Crippen LogP contribution is 2.36. The lowest BCUT2D eigenvalue weighted by Gasteiger charge is -2.32. The fourth-order valence-electron chi connectivity index (χ4n) is 4.44. The second kappa shape index (κ2) is 13.5. The summed E-state index contributed by atoms with van der Waals surface area (Å²) in [7, 11) is -4.16. The Morgan fingerprint density at radius 3 is 2.32 bits per heavy atom. The van der Waals surface area contributed by atoms with Crippen molar-refractivity contribution in [3.8, 4) is 11.5 Å². The first-order valence-corrected chi connectivity index (χ1v) is 15.2. The molecule has 3 aromatic carbocycles. The number of benzene rings is 3. The molecular weight excluding hydrogens is 542 g/mol. The van der Waals surface area contributed by atoms with Crippen LogP contribution in [0.3, 0.4) is 0 Å². The zero-order chi connectivity index (χ0) is 29.4. The van der Waals surface area contributed by atoms with Gasteiger partial charge in [0, 0.05) is 19.2 Å². The number of anilines is 1. The highest BCUT2D eigenvalue weighted by Gasteiger charge is 2.33. The van der Waals surface area contributed by atoms with Gasteiger partial charge in [-0.2, -0.15) is 0 Å². The largest absolute Gasteiger partial charge is 0.486 e. The quantitative estimate of drug-likeness (QED) is 0.321. The van der Waals surface area contributed by atoms with Gasteiger partial charge in [0.15, 0.2) is 11.5 Å². The maximum atomic E-state index is 14.0. The van der Waals surface area contributed by atoms with Crippen LogP contribution in [0.15, 0.2) is 77.7 Å². The second-order valence-corrected chi connectivity index (χ2v) is 11.8. The zero-order valence-electron chi connectivity index (χ0n) is 23.7. The molecule has 41 heavy (non-hydrogen) atoms. The van der Waals surface area contributed by atoms with Gasteiger partial charge in [-0.25, -0.2) is 8.42 Å². The minimum Gasteiger partial charge on any atom is -0.486 e. The van der Waals surface area contributed by atoms with Gasteiger partial charge < -0.3 is 19.7 Å². The number of fused-ring (bicyclic) bond motifs is 1. The first-order valence-electron chi connectivity index (χ1n) is 13.8. The molecule has 0 fully saturated rings. The number of nitrogens with zero attached hydrogens (tertiary/aromatic N) is 2. The maximum Gasteiger partial charge on any atom is 0.264 e. The third kappa shape index (κ3) is 7.38. The smallest absolute Gasteiger partial charge is 0.264 e. The fourth-order valence-corrected chi connectivity index (χ4v) is 5.87. The van der Waals surface area contributed by atoms with Crippen LogP contribution in [0.4, 0.5) is 5.69 Å². The van der Waals surface area contributed by atoms with E-state index < -0.39 is 28.5 Å². The predicted molar refractivity (Wildman–Crippen MR) is 158 cm³/mol. The van der Waals surface area contributed by atoms with Gasteiger partial charge in [-0.3, -0.25) is 13.9 Å². The van der Waals surface area contributed by atoms with E-state index in [1.165, 1.54) is 17.0 Å². The summed E-state index contributed by atoms with van der Waals surface area (Å²) in [6.45, 7) is 6.50. The van der Waals surface area contributed by atoms with E-state index in [1.54, 1.807) is 43.3 Å². The van der Waals surface area contributed by atoms with Crippen molar-refractivity contribution in [2.24, 2.45) is 0 Å². The maximum absolute atomic E-state index is 14.0. The number of rotatable bonds is 12. The lowest BCUT2D eigenvalue weighted by molar-refractivity contribution is -0.139. The van der Waals surface area contributed by atoms with E-state index in [2.05, 4.69) is 5.32 Å². The van der Waals surface area contributed by atoms with E-state index >= 15 is 0 Å². The van der Waals surface area contributed by atoms with Crippen molar-refractivity contribution < 1.29 is 27.5 Å². The van der Waals surface area contributed by atoms with Crippen molar-refractivity contribution in [1.29, 1.82) is 0 Å². The van der Waals surface area contributed by atoms with E-state index in [0.29, 0.717) is 31.3 Å². The number of unbranched alkanes of at least 4 members (excludes halogenated alkanes) is 1. The Kier molecular flexibility index (Phi) is 9.88. The minimum absolute atomic E-state index is 0.0399. The van der Waals surface area contributed by atoms with Gasteiger partial charge in [0.05, 0.1) is 10.6 Å². The summed E-state index contributed by atoms with van der Waals surface area (Å²) in [5, 5.41) is 2.89. The van der Waals surface area contributed by atoms with Crippen molar-refractivity contribution >= 4 is 27.5 Å². The molecule has 2 amide bonds. The molecule has 1 N–H and O–H groups in total. The van der Waals surface area contributed by atoms with E-state index in [4.69, 9.17) is 9.47 Å². The third-order valence-corrected chi connectivity index (χ3v) is 8.68. The molecule has 0 saturated heterocycles. The molecule has 1 aliphatic rings. The van der Waals surface area contributed by atoms with Crippen LogP contribution in [-0.4, -0.2) is 57.5 Å². The highest BCUT2D eigenvalue weighted by molar-refractivity contribution is 7.92. The Bertz CT molecular complexity index is 1440. The van der Waals surface area contributed by atoms with Crippen molar-refractivity contribution in [1.82, 2.24) is 10.2 Å². The Balaban J connectivity index is 1.70. The molecule has 1 heterocycles. The van der Waals surface area contributed by atoms with Crippen molar-refractivity contribution in [3.05, 3.63) is 83.9 Å². The predicted octanol–water partition coefficient (Wildman–Crippen LogP) is 4.30. The van der Waals surface area contributed by atoms with Gasteiger partial charge in [-0.05, 0) is 50.1 Å². The molecule has 10 heteroatoms. The van der Waals surface area contributed by atoms with E-state index in [1.807, 2.05) is 38.1 Å². The van der Waals surface area contributed by atoms with Crippen LogP contribution in [0.2, 0.25) is 0 Å². The number of amides is 2. The lowest BCUT2D eigenvalue weighted by atomic mass is 10.1. The standard InChI is InChI=1S/C31H37N3O6S/c1-4-5-17-32-31(36)24(3)33(21-25-13-11-23(2)12-14-25)30(35)22-34(41(37,38)27-9-7-6-8-10-27)26-15-16-28-29(20-26)40-19-18-39-28/h6-16,20,24H,4-5,17-19,21-22H2,1-3H3,(H,32,36)/t24-/m1/s1. The van der Waals surface area contributed by atoms with Gasteiger partial charge >= 0.3 is 0 Å². The molecule has 4 rings (SSSR count). The summed E-state index contributed by atoms with van der Waals surface area (Å²) in [5.41, 5.74) is 2.14. The Hall–Kier alpha value is -4.05. The van der Waals surface area contributed by atoms with Gasteiger partial charge in [0.2, 0.25) is 11.8 Å². The molecule has 1 aliphatic heterocycles. The van der Waals surface area contributed by atoms with Crippen molar-refractivity contribution in [2.45, 2.75) is 51.1 Å². The summed E-state index contributed by atoms with van der Waals surface area (Å²) >= 11 is 0. The van der Waals surface area contributed by atoms with Crippen molar-refractivity contribution in [2.75, 3.05) is 30.6 Å². The third-order valence-electron chi connectivity index (χ3n) is 6.89. The Morgan fingerprint density at radius 2 is 1.63 bits per heavy atom. The van der Waals surface area contributed by atoms with E-state index in [-0.39, 0.29) is 23.0 Å². The van der Waals surface area contributed by atoms with Crippen LogP contribution in [0.1, 0.15) is 37.8 Å². The van der Waals surface area contributed by atoms with E-state index in [9.17, 15) is 18.0 Å². The average Bonchev–Trinajstić information content (AvgIpc) is 2.99. The van der Waals surface area contributed by atoms with Crippen LogP contribution in [0, 0.1) is 6.92 Å². The van der Waals surface area contributed by atoms with Crippen LogP contribution in [0.25, 0.3) is 0 Å². The number of nitrogens with one attached hydrogen (secondary N) is 1. The molecule has 0 bridgehead atoms. The number of hydrogen-bond acceptors (Lipinski definition) is 6. The number of ether oxygens (including phenoxy) is 2. The minimum atomic E-state index is -4.16. The molecule has 0 unspecified atom stereocenters. The van der Waals surface area contributed by atoms with Gasteiger partial charge in [0.25, 0.3) is 10.0 Å². The second-order valence-electron chi connectivity index (χ2n) is 9.98. The molecular formula is C31H37N3O6S. The number of carbonyl (C=O) groups is 2. The SMILES string of the molecule is CCCCNC(=O)[C@@H](C)N(Cc1ccc(C)cc1)C(=O)CN(c1ccc2c(c1)OCCO2)S(=O)(=O)c1ccccc1. The summed E-state index contributed by atoms with van der Waals surface area (Å²) in [4.78, 5) is 28.6. The monoisotopic (exact) mass is 579 g/mol. The van der Waals surface area contributed by atoms with Gasteiger partial charge in [-0.1, -0.05) is 61.4 Å². The topological polar surface area (TPSA) is 105 Å². The fraction of sp³-hybridized carbons (Fsp3) is 0.355. The first kappa shape index (κ1) is 29.9. The van der Waals surface area contributed by atoms with Crippen molar-refractivity contribution in [3.63, 3.8) is 0 Å². The first-order chi connectivity index (χ1) is 19.7. The molecule has 9 nitrogen and oxygen atoms in total. The van der Waals surface area contributed by atoms with Gasteiger partial charge in [0.1, 0.15) is 25.8 Å². The molecule has 0 radical (unpaired) electrons. The van der Waals surface area contributed by atoms with E-state index in [0.717, 1.165) is 28.3 Å². The zero-order valence-corrected chi connectivity index (χ0v) is 24.5. The Morgan fingerprint density at radius 1 is 0.951 bits per heavy atom. The summed E-state index contributed by atoms with van der Waals surface area (Å²) in [6, 6.07) is 19.6. The summed E-state index contributed by atoms with van der Waals surface area (Å²) in [5.74, 6) is 0.0882. The number of aryl methyl sites for hydroxylation is 1. The molecule has 0 spiro atoms. The normalized spacial score (nSPS) is 13.2. The van der Waals surface area contributed by atoms with Crippen LogP contribution < -0.4 is 19.1 Å². The molecule has 0 aromatic heterocycles. The average molecular weight is 580 g/mol. The number of sulfonamides is 1. The molecule has 0 aliphatic carbocycles. The molecule has 3 aromatic rings. The molecule has 218 valence electrons. The van der Waals surface area contributed by atoms with Crippen LogP contribution >= 0.6 is 0 Å². The number of carbonyl (C=O) groups excluding carboxylic acids is 2. The Labute approximate surface area is 242 Å². The van der Waals surface area contributed by atoms with Crippen LogP contribution in [0.5, 0.6) is 11.5 Å². The lowest BCUT2D eigenvalue weighted by Crippen LogP contribution is -2.51. The molecule has 1 atom stereocenters. The highest BCUT2D eigenvalue weighted by atomic mass is 32.2. The van der Waals surface area contributed by atoms with Crippen LogP contribution in [-0.2, 0) is 26.2 Å². The number of hydrogen-bond donors (Lipinski definition) is 1. The van der Waals surface area contributed by atoms with Gasteiger partial charge in [-0.15, -0.1) is 0 Å². The summed E-state index contributed by atoms with van der Waals surface area (Å²) < 4.78 is 40.2. The summed E-state index contributed by atoms with van der Waals surface area (Å²) in [6.07, 6.45) is 1.74.